The summed E-state index contributed by atoms with van der Waals surface area (Å²) in [5.74, 6) is 0.225. The standard InChI is InChI=1S/C24H35N3O/c1-17(2)27-16-19-15-21(14-18-8-7-11-22(27)24(18)19)26(3)13-12-23(28)25-20-9-5-4-6-10-20/h7-8,11,16-17,20-21H,4-6,9-10,12-15H2,1-3H3,(H,25,28). The summed E-state index contributed by atoms with van der Waals surface area (Å²) in [5.41, 5.74) is 4.30. The number of carbonyl (C=O) groups excluding carboxylic acids is 1. The van der Waals surface area contributed by atoms with Gasteiger partial charge in [-0.2, -0.15) is 0 Å². The van der Waals surface area contributed by atoms with Crippen LogP contribution in [0.25, 0.3) is 10.9 Å². The van der Waals surface area contributed by atoms with Crippen LogP contribution in [0.15, 0.2) is 24.4 Å². The third-order valence-electron chi connectivity index (χ3n) is 6.78. The molecule has 152 valence electrons. The van der Waals surface area contributed by atoms with E-state index in [1.54, 1.807) is 0 Å². The van der Waals surface area contributed by atoms with Crippen LogP contribution in [0.1, 0.15) is 69.5 Å². The van der Waals surface area contributed by atoms with Gasteiger partial charge < -0.3 is 14.8 Å². The maximum atomic E-state index is 12.4. The van der Waals surface area contributed by atoms with Gasteiger partial charge in [-0.05, 0) is 63.8 Å². The van der Waals surface area contributed by atoms with E-state index >= 15 is 0 Å². The van der Waals surface area contributed by atoms with E-state index in [0.29, 0.717) is 24.5 Å². The molecule has 1 N–H and O–H groups in total. The summed E-state index contributed by atoms with van der Waals surface area (Å²) >= 11 is 0. The van der Waals surface area contributed by atoms with E-state index < -0.39 is 0 Å². The van der Waals surface area contributed by atoms with Gasteiger partial charge in [0.05, 0.1) is 0 Å². The van der Waals surface area contributed by atoms with Crippen molar-refractivity contribution in [2.45, 2.75) is 83.3 Å². The minimum atomic E-state index is 0.225. The summed E-state index contributed by atoms with van der Waals surface area (Å²) < 4.78 is 2.41. The fraction of sp³-hybridized carbons (Fsp3) is 0.625. The SMILES string of the molecule is CC(C)n1cc2c3c(cccc31)CC(N(C)CCC(=O)NC1CCCCC1)C2. The van der Waals surface area contributed by atoms with Gasteiger partial charge in [-0.1, -0.05) is 31.4 Å². The van der Waals surface area contributed by atoms with Crippen molar-refractivity contribution in [1.29, 1.82) is 0 Å². The number of amides is 1. The summed E-state index contributed by atoms with van der Waals surface area (Å²) in [6, 6.07) is 8.10. The quantitative estimate of drug-likeness (QED) is 0.802. The molecule has 1 atom stereocenters. The number of benzene rings is 1. The van der Waals surface area contributed by atoms with Gasteiger partial charge in [-0.15, -0.1) is 0 Å². The van der Waals surface area contributed by atoms with Crippen LogP contribution in [-0.4, -0.2) is 41.1 Å². The Kier molecular flexibility index (Phi) is 5.77. The molecular weight excluding hydrogens is 346 g/mol. The second-order valence-electron chi connectivity index (χ2n) is 9.16. The van der Waals surface area contributed by atoms with Crippen molar-refractivity contribution < 1.29 is 4.79 Å². The highest BCUT2D eigenvalue weighted by Crippen LogP contribution is 2.34. The molecule has 0 radical (unpaired) electrons. The second kappa shape index (κ2) is 8.28. The highest BCUT2D eigenvalue weighted by Gasteiger charge is 2.26. The molecule has 4 heteroatoms. The molecule has 4 rings (SSSR count). The van der Waals surface area contributed by atoms with Crippen LogP contribution in [0.2, 0.25) is 0 Å². The van der Waals surface area contributed by atoms with Gasteiger partial charge in [-0.25, -0.2) is 0 Å². The van der Waals surface area contributed by atoms with E-state index in [-0.39, 0.29) is 5.91 Å². The zero-order chi connectivity index (χ0) is 19.7. The maximum Gasteiger partial charge on any atom is 0.221 e. The van der Waals surface area contributed by atoms with Gasteiger partial charge in [0.1, 0.15) is 0 Å². The molecular formula is C24H35N3O. The Balaban J connectivity index is 1.38. The zero-order valence-electron chi connectivity index (χ0n) is 17.7. The van der Waals surface area contributed by atoms with Crippen molar-refractivity contribution in [1.82, 2.24) is 14.8 Å². The summed E-state index contributed by atoms with van der Waals surface area (Å²) in [6.45, 7) is 5.34. The molecule has 1 aromatic heterocycles. The lowest BCUT2D eigenvalue weighted by atomic mass is 9.88. The lowest BCUT2D eigenvalue weighted by Gasteiger charge is -2.31. The summed E-state index contributed by atoms with van der Waals surface area (Å²) in [7, 11) is 2.18. The lowest BCUT2D eigenvalue weighted by Crippen LogP contribution is -2.41. The second-order valence-corrected chi connectivity index (χ2v) is 9.16. The van der Waals surface area contributed by atoms with Crippen molar-refractivity contribution in [3.8, 4) is 0 Å². The molecule has 1 aromatic carbocycles. The fourth-order valence-corrected chi connectivity index (χ4v) is 5.13. The molecule has 2 aliphatic rings. The molecule has 2 aromatic rings. The van der Waals surface area contributed by atoms with Gasteiger partial charge in [0.2, 0.25) is 5.91 Å². The Hall–Kier alpha value is -1.81. The largest absolute Gasteiger partial charge is 0.353 e. The molecule has 1 heterocycles. The molecule has 28 heavy (non-hydrogen) atoms. The highest BCUT2D eigenvalue weighted by molar-refractivity contribution is 5.88. The predicted molar refractivity (Wildman–Crippen MR) is 116 cm³/mol. The minimum absolute atomic E-state index is 0.225. The number of rotatable bonds is 6. The van der Waals surface area contributed by atoms with Crippen LogP contribution < -0.4 is 5.32 Å². The molecule has 2 aliphatic carbocycles. The predicted octanol–water partition coefficient (Wildman–Crippen LogP) is 4.46. The van der Waals surface area contributed by atoms with Crippen LogP contribution in [0.4, 0.5) is 0 Å². The van der Waals surface area contributed by atoms with Crippen molar-refractivity contribution in [3.63, 3.8) is 0 Å². The maximum absolute atomic E-state index is 12.4. The highest BCUT2D eigenvalue weighted by atomic mass is 16.1. The van der Waals surface area contributed by atoms with E-state index in [1.165, 1.54) is 41.3 Å². The molecule has 0 aliphatic heterocycles. The first-order valence-electron chi connectivity index (χ1n) is 11.1. The van der Waals surface area contributed by atoms with Gasteiger partial charge >= 0.3 is 0 Å². The van der Waals surface area contributed by atoms with E-state index in [2.05, 4.69) is 60.1 Å². The molecule has 1 fully saturated rings. The molecule has 0 saturated heterocycles. The van der Waals surface area contributed by atoms with Crippen molar-refractivity contribution in [2.75, 3.05) is 13.6 Å². The first-order valence-corrected chi connectivity index (χ1v) is 11.1. The zero-order valence-corrected chi connectivity index (χ0v) is 17.7. The Morgan fingerprint density at radius 1 is 1.18 bits per heavy atom. The van der Waals surface area contributed by atoms with E-state index in [0.717, 1.165) is 32.2 Å². The topological polar surface area (TPSA) is 37.3 Å². The third-order valence-corrected chi connectivity index (χ3v) is 6.78. The monoisotopic (exact) mass is 381 g/mol. The van der Waals surface area contributed by atoms with Gasteiger partial charge in [0, 0.05) is 48.2 Å². The molecule has 1 saturated carbocycles. The average molecular weight is 382 g/mol. The molecule has 4 nitrogen and oxygen atoms in total. The lowest BCUT2D eigenvalue weighted by molar-refractivity contribution is -0.122. The Bertz CT molecular complexity index is 832. The van der Waals surface area contributed by atoms with Gasteiger partial charge in [0.25, 0.3) is 0 Å². The van der Waals surface area contributed by atoms with E-state index in [1.807, 2.05) is 0 Å². The van der Waals surface area contributed by atoms with Crippen LogP contribution in [0, 0.1) is 0 Å². The number of hydrogen-bond acceptors (Lipinski definition) is 2. The first kappa shape index (κ1) is 19.5. The first-order chi connectivity index (χ1) is 13.5. The number of carbonyl (C=O) groups is 1. The summed E-state index contributed by atoms with van der Waals surface area (Å²) in [5, 5.41) is 4.72. The molecule has 1 amide bonds. The number of aromatic nitrogens is 1. The van der Waals surface area contributed by atoms with Gasteiger partial charge in [0.15, 0.2) is 0 Å². The van der Waals surface area contributed by atoms with Crippen LogP contribution in [-0.2, 0) is 17.6 Å². The molecule has 1 unspecified atom stereocenters. The minimum Gasteiger partial charge on any atom is -0.353 e. The van der Waals surface area contributed by atoms with Crippen molar-refractivity contribution >= 4 is 16.8 Å². The van der Waals surface area contributed by atoms with Crippen LogP contribution in [0.3, 0.4) is 0 Å². The fourth-order valence-electron chi connectivity index (χ4n) is 5.13. The Labute approximate surface area is 169 Å². The summed E-state index contributed by atoms with van der Waals surface area (Å²) in [4.78, 5) is 14.8. The number of nitrogens with one attached hydrogen (secondary N) is 1. The van der Waals surface area contributed by atoms with Crippen LogP contribution >= 0.6 is 0 Å². The van der Waals surface area contributed by atoms with Crippen molar-refractivity contribution in [2.24, 2.45) is 0 Å². The normalized spacial score (nSPS) is 20.2. The number of hydrogen-bond donors (Lipinski definition) is 1. The Morgan fingerprint density at radius 2 is 1.93 bits per heavy atom. The average Bonchev–Trinajstić information content (AvgIpc) is 3.07. The summed E-state index contributed by atoms with van der Waals surface area (Å²) in [6.07, 6.45) is 11.3. The molecule has 0 bridgehead atoms. The van der Waals surface area contributed by atoms with Crippen LogP contribution in [0.5, 0.6) is 0 Å². The van der Waals surface area contributed by atoms with Gasteiger partial charge in [-0.3, -0.25) is 4.79 Å². The Morgan fingerprint density at radius 3 is 2.68 bits per heavy atom. The van der Waals surface area contributed by atoms with E-state index in [9.17, 15) is 4.79 Å². The van der Waals surface area contributed by atoms with Crippen molar-refractivity contribution in [3.05, 3.63) is 35.5 Å². The smallest absolute Gasteiger partial charge is 0.221 e. The van der Waals surface area contributed by atoms with E-state index in [4.69, 9.17) is 0 Å². The number of nitrogens with zero attached hydrogens (tertiary/aromatic N) is 2. The number of likely N-dealkylation sites (N-methyl/N-ethyl adjacent to an activating group) is 1. The third kappa shape index (κ3) is 3.98. The molecule has 0 spiro atoms.